The molecule has 6 bridgehead atoms. The molecule has 4 amide bonds. The number of hydrogen-bond donors (Lipinski definition) is 2. The molecule has 362 valence electrons. The van der Waals surface area contributed by atoms with E-state index in [1.807, 2.05) is 37.1 Å². The second kappa shape index (κ2) is 19.2. The van der Waals surface area contributed by atoms with Crippen LogP contribution in [0.1, 0.15) is 103 Å². The normalized spacial score (nSPS) is 21.8. The number of carbonyl (C=O) groups is 4. The first-order valence-corrected chi connectivity index (χ1v) is 25.1. The quantitative estimate of drug-likeness (QED) is 0.158. The van der Waals surface area contributed by atoms with Gasteiger partial charge >= 0.3 is 12.0 Å². The monoisotopic (exact) mass is 938 g/mol. The number of thiazole rings is 1. The van der Waals surface area contributed by atoms with Crippen molar-refractivity contribution in [3.05, 3.63) is 58.2 Å². The second-order valence-corrected chi connectivity index (χ2v) is 22.0. The van der Waals surface area contributed by atoms with Crippen molar-refractivity contribution in [1.82, 2.24) is 45.0 Å². The van der Waals surface area contributed by atoms with Gasteiger partial charge in [-0.1, -0.05) is 33.8 Å². The minimum absolute atomic E-state index is 0.116. The summed E-state index contributed by atoms with van der Waals surface area (Å²) in [5.74, 6) is -1.48. The number of likely N-dealkylation sites (N-methyl/N-ethyl adjacent to an activating group) is 1. The standard InChI is InChI=1S/C51H71N9O6S/c1-12-59-41-18-17-33-21-36(41)37(45(59)35-15-13-19-52-43(35)32(6)65-11)25-50(7,8)29-66-48(63)38-16-14-20-60(55-38)47(62)39(22-42-53-40(33)26-67-42)54-46(61)44(30(2)3)57(10)49(64)58-27-51(28-58)23-34(24-51)56(9)31(4)5/h13,15,17-19,21,26,30-32,34,38-39,44,55H,12,14,16,20,22-25,27-29H2,1-11H3,(H,54,61)/t32-,38-,39-,44?/m0/s1. The number of methoxy groups -OCH3 is 1. The van der Waals surface area contributed by atoms with Crippen LogP contribution in [0.25, 0.3) is 33.4 Å². The van der Waals surface area contributed by atoms with Gasteiger partial charge < -0.3 is 34.1 Å². The largest absolute Gasteiger partial charge is 0.464 e. The molecule has 0 radical (unpaired) electrons. The average Bonchev–Trinajstić information content (AvgIpc) is 3.87. The molecule has 8 rings (SSSR count). The van der Waals surface area contributed by atoms with Gasteiger partial charge in [0.25, 0.3) is 5.91 Å². The molecule has 67 heavy (non-hydrogen) atoms. The van der Waals surface area contributed by atoms with Crippen LogP contribution in [-0.4, -0.2) is 136 Å². The molecule has 1 aliphatic carbocycles. The molecule has 6 heterocycles. The Kier molecular flexibility index (Phi) is 13.9. The summed E-state index contributed by atoms with van der Waals surface area (Å²) in [5, 5.41) is 8.28. The Hall–Kier alpha value is -4.90. The Morgan fingerprint density at radius 3 is 2.52 bits per heavy atom. The molecule has 1 aromatic carbocycles. The predicted octanol–water partition coefficient (Wildman–Crippen LogP) is 7.08. The topological polar surface area (TPSA) is 154 Å². The molecule has 16 heteroatoms. The lowest BCUT2D eigenvalue weighted by molar-refractivity contribution is -0.155. The number of fused-ring (bicyclic) bond motifs is 6. The first-order chi connectivity index (χ1) is 31.8. The number of esters is 1. The Labute approximate surface area is 399 Å². The SMILES string of the molecule is CCn1c(-c2cccnc2[C@H](C)OC)c2c3cc(ccc31)-c1csc(n1)C[C@H](NC(=O)C(C(C)C)N(C)C(=O)N1CC3(CC(N(C)C(C)C)C3)C1)C(=O)N1CCC[C@H](N1)C(=O)OCC(C)(C)C2. The van der Waals surface area contributed by atoms with E-state index in [1.54, 1.807) is 20.4 Å². The number of hydrogen-bond acceptors (Lipinski definition) is 11. The van der Waals surface area contributed by atoms with Crippen LogP contribution >= 0.6 is 11.3 Å². The molecule has 15 nitrogen and oxygen atoms in total. The summed E-state index contributed by atoms with van der Waals surface area (Å²) in [5.41, 5.74) is 9.58. The van der Waals surface area contributed by atoms with E-state index < -0.39 is 35.4 Å². The summed E-state index contributed by atoms with van der Waals surface area (Å²) in [6.45, 7) is 19.2. The lowest BCUT2D eigenvalue weighted by Gasteiger charge is -2.61. The molecule has 4 aromatic rings. The van der Waals surface area contributed by atoms with Gasteiger partial charge in [0.15, 0.2) is 0 Å². The number of urea groups is 1. The number of likely N-dealkylation sites (tertiary alicyclic amines) is 1. The summed E-state index contributed by atoms with van der Waals surface area (Å²) in [6, 6.07) is 8.67. The van der Waals surface area contributed by atoms with Crippen molar-refractivity contribution >= 4 is 46.1 Å². The van der Waals surface area contributed by atoms with Gasteiger partial charge in [-0.2, -0.15) is 0 Å². The number of nitrogens with one attached hydrogen (secondary N) is 2. The molecule has 2 N–H and O–H groups in total. The highest BCUT2D eigenvalue weighted by atomic mass is 32.1. The third kappa shape index (κ3) is 9.60. The number of aryl methyl sites for hydroxylation is 1. The summed E-state index contributed by atoms with van der Waals surface area (Å²) >= 11 is 1.44. The van der Waals surface area contributed by atoms with Crippen molar-refractivity contribution in [1.29, 1.82) is 0 Å². The lowest BCUT2D eigenvalue weighted by atomic mass is 9.60. The van der Waals surface area contributed by atoms with Crippen LogP contribution in [0.4, 0.5) is 4.79 Å². The average molecular weight is 938 g/mol. The first-order valence-electron chi connectivity index (χ1n) is 24.2. The van der Waals surface area contributed by atoms with E-state index in [2.05, 4.69) is 86.1 Å². The highest BCUT2D eigenvalue weighted by molar-refractivity contribution is 7.10. The Morgan fingerprint density at radius 2 is 1.84 bits per heavy atom. The van der Waals surface area contributed by atoms with Crippen molar-refractivity contribution in [2.75, 3.05) is 47.4 Å². The van der Waals surface area contributed by atoms with Gasteiger partial charge in [0.1, 0.15) is 18.1 Å². The number of benzene rings is 1. The third-order valence-corrected chi connectivity index (χ3v) is 15.7. The van der Waals surface area contributed by atoms with E-state index in [1.165, 1.54) is 21.2 Å². The zero-order valence-corrected chi connectivity index (χ0v) is 42.2. The number of rotatable bonds is 10. The van der Waals surface area contributed by atoms with Crippen LogP contribution in [-0.2, 0) is 43.2 Å². The first kappa shape index (κ1) is 48.6. The fourth-order valence-corrected chi connectivity index (χ4v) is 11.7. The number of aromatic nitrogens is 3. The van der Waals surface area contributed by atoms with Gasteiger partial charge in [-0.05, 0) is 103 Å². The van der Waals surface area contributed by atoms with Crippen molar-refractivity contribution in [2.24, 2.45) is 16.7 Å². The zero-order valence-electron chi connectivity index (χ0n) is 41.3. The van der Waals surface area contributed by atoms with E-state index in [4.69, 9.17) is 19.4 Å². The molecule has 3 fully saturated rings. The minimum atomic E-state index is -1.04. The number of cyclic esters (lactones) is 1. The van der Waals surface area contributed by atoms with E-state index in [0.717, 1.165) is 57.5 Å². The van der Waals surface area contributed by atoms with E-state index in [0.29, 0.717) is 62.5 Å². The van der Waals surface area contributed by atoms with E-state index in [9.17, 15) is 19.2 Å². The number of hydrazine groups is 1. The van der Waals surface area contributed by atoms with Crippen molar-refractivity contribution in [2.45, 2.75) is 137 Å². The van der Waals surface area contributed by atoms with Gasteiger partial charge in [0.2, 0.25) is 5.91 Å². The number of nitrogens with zero attached hydrogens (tertiary/aromatic N) is 7. The van der Waals surface area contributed by atoms with Crippen molar-refractivity contribution in [3.63, 3.8) is 0 Å². The Morgan fingerprint density at radius 1 is 1.09 bits per heavy atom. The van der Waals surface area contributed by atoms with Crippen LogP contribution in [0.5, 0.6) is 0 Å². The molecule has 4 atom stereocenters. The van der Waals surface area contributed by atoms with Crippen LogP contribution in [0.2, 0.25) is 0 Å². The second-order valence-electron chi connectivity index (χ2n) is 21.0. The van der Waals surface area contributed by atoms with Gasteiger partial charge in [-0.15, -0.1) is 11.3 Å². The predicted molar refractivity (Wildman–Crippen MR) is 261 cm³/mol. The highest BCUT2D eigenvalue weighted by Crippen LogP contribution is 2.50. The summed E-state index contributed by atoms with van der Waals surface area (Å²) in [7, 11) is 5.55. The van der Waals surface area contributed by atoms with Crippen molar-refractivity contribution < 1.29 is 28.7 Å². The van der Waals surface area contributed by atoms with Crippen molar-refractivity contribution in [3.8, 4) is 22.5 Å². The smallest absolute Gasteiger partial charge is 0.324 e. The number of pyridine rings is 1. The fraction of sp³-hybridized carbons (Fsp3) is 0.608. The molecule has 4 aliphatic rings. The number of amides is 4. The summed E-state index contributed by atoms with van der Waals surface area (Å²) < 4.78 is 14.3. The van der Waals surface area contributed by atoms with E-state index in [-0.39, 0.29) is 42.4 Å². The zero-order chi connectivity index (χ0) is 48.1. The molecule has 3 aliphatic heterocycles. The summed E-state index contributed by atoms with van der Waals surface area (Å²) in [6.07, 6.45) is 5.45. The van der Waals surface area contributed by atoms with Crippen LogP contribution in [0.15, 0.2) is 41.9 Å². The maximum absolute atomic E-state index is 14.7. The Balaban J connectivity index is 1.11. The van der Waals surface area contributed by atoms with Gasteiger partial charge in [-0.3, -0.25) is 24.4 Å². The molecular weight excluding hydrogens is 867 g/mol. The maximum atomic E-state index is 14.7. The maximum Gasteiger partial charge on any atom is 0.324 e. The van der Waals surface area contributed by atoms with Crippen LogP contribution < -0.4 is 10.7 Å². The molecule has 2 saturated heterocycles. The third-order valence-electron chi connectivity index (χ3n) is 14.8. The minimum Gasteiger partial charge on any atom is -0.464 e. The van der Waals surface area contributed by atoms with Gasteiger partial charge in [0.05, 0.1) is 34.8 Å². The molecule has 1 saturated carbocycles. The van der Waals surface area contributed by atoms with E-state index >= 15 is 0 Å². The fourth-order valence-electron chi connectivity index (χ4n) is 10.9. The van der Waals surface area contributed by atoms with Crippen LogP contribution in [0, 0.1) is 16.7 Å². The highest BCUT2D eigenvalue weighted by Gasteiger charge is 2.55. The molecule has 3 aromatic heterocycles. The number of ether oxygens (including phenoxy) is 2. The molecular formula is C51H71N9O6S. The van der Waals surface area contributed by atoms with Gasteiger partial charge in [-0.25, -0.2) is 15.2 Å². The molecule has 1 spiro atoms. The van der Waals surface area contributed by atoms with Gasteiger partial charge in [0, 0.05) is 103 Å². The Bertz CT molecular complexity index is 2480. The summed E-state index contributed by atoms with van der Waals surface area (Å²) in [4.78, 5) is 72.9. The number of carbonyl (C=O) groups excluding carboxylic acids is 4. The lowest BCUT2D eigenvalue weighted by Crippen LogP contribution is -2.70. The molecule has 1 unspecified atom stereocenters. The van der Waals surface area contributed by atoms with Crippen LogP contribution in [0.3, 0.4) is 0 Å².